The molecule has 0 saturated heterocycles. The summed E-state index contributed by atoms with van der Waals surface area (Å²) in [5, 5.41) is 0. The number of fused-ring (bicyclic) bond motifs is 4. The van der Waals surface area contributed by atoms with Crippen molar-refractivity contribution in [3.8, 4) is 0 Å². The summed E-state index contributed by atoms with van der Waals surface area (Å²) in [6.07, 6.45) is 12.7. The van der Waals surface area contributed by atoms with Gasteiger partial charge in [-0.15, -0.1) is 0 Å². The van der Waals surface area contributed by atoms with Gasteiger partial charge in [0.15, 0.2) is 11.6 Å². The monoisotopic (exact) mass is 320 g/mol. The van der Waals surface area contributed by atoms with E-state index in [1.807, 2.05) is 0 Å². The van der Waals surface area contributed by atoms with Crippen LogP contribution in [0.5, 0.6) is 0 Å². The first-order valence-corrected chi connectivity index (χ1v) is 9.60. The third-order valence-corrected chi connectivity index (χ3v) is 6.33. The van der Waals surface area contributed by atoms with Crippen molar-refractivity contribution in [2.75, 3.05) is 0 Å². The normalized spacial score (nSPS) is 30.4. The van der Waals surface area contributed by atoms with Crippen molar-refractivity contribution in [2.45, 2.75) is 71.1 Å². The first-order valence-electron chi connectivity index (χ1n) is 9.60. The van der Waals surface area contributed by atoms with E-state index < -0.39 is 11.6 Å². The SMILES string of the molecule is CCCCC1CC2CCC(C1)C(CCc1cccc(F)c1F)C2. The molecule has 2 bridgehead atoms. The van der Waals surface area contributed by atoms with Gasteiger partial charge < -0.3 is 0 Å². The number of aryl methyl sites for hydroxylation is 1. The molecule has 0 radical (unpaired) electrons. The summed E-state index contributed by atoms with van der Waals surface area (Å²) in [5.74, 6) is 2.02. The molecule has 128 valence electrons. The maximum absolute atomic E-state index is 13.9. The highest BCUT2D eigenvalue weighted by atomic mass is 19.2. The maximum atomic E-state index is 13.9. The van der Waals surface area contributed by atoms with Crippen LogP contribution in [0.4, 0.5) is 8.78 Å². The van der Waals surface area contributed by atoms with Crippen molar-refractivity contribution in [2.24, 2.45) is 23.7 Å². The molecule has 23 heavy (non-hydrogen) atoms. The summed E-state index contributed by atoms with van der Waals surface area (Å²) in [5.41, 5.74) is 0.563. The zero-order chi connectivity index (χ0) is 16.2. The molecule has 4 unspecified atom stereocenters. The number of unbranched alkanes of at least 4 members (excludes halogenated alkanes) is 1. The number of benzene rings is 1. The Hall–Kier alpha value is -0.920. The van der Waals surface area contributed by atoms with Crippen molar-refractivity contribution in [1.29, 1.82) is 0 Å². The molecule has 3 saturated carbocycles. The molecule has 0 N–H and O–H groups in total. The first-order chi connectivity index (χ1) is 11.2. The summed E-state index contributed by atoms with van der Waals surface area (Å²) in [7, 11) is 0. The van der Waals surface area contributed by atoms with Gasteiger partial charge in [-0.1, -0.05) is 44.7 Å². The van der Waals surface area contributed by atoms with E-state index in [0.717, 1.165) is 30.1 Å². The van der Waals surface area contributed by atoms with Crippen LogP contribution in [0.1, 0.15) is 70.3 Å². The minimum atomic E-state index is -0.704. The van der Waals surface area contributed by atoms with Gasteiger partial charge in [-0.25, -0.2) is 8.78 Å². The minimum Gasteiger partial charge on any atom is -0.204 e. The van der Waals surface area contributed by atoms with Gasteiger partial charge in [-0.3, -0.25) is 0 Å². The Balaban J connectivity index is 1.59. The summed E-state index contributed by atoms with van der Waals surface area (Å²) in [6.45, 7) is 2.28. The molecule has 2 heteroatoms. The van der Waals surface area contributed by atoms with Crippen molar-refractivity contribution < 1.29 is 8.78 Å². The Morgan fingerprint density at radius 1 is 1.04 bits per heavy atom. The van der Waals surface area contributed by atoms with E-state index in [1.165, 1.54) is 57.4 Å². The molecule has 0 spiro atoms. The zero-order valence-electron chi connectivity index (χ0n) is 14.4. The molecule has 1 aromatic rings. The fourth-order valence-corrected chi connectivity index (χ4v) is 5.11. The van der Waals surface area contributed by atoms with Gasteiger partial charge in [0.25, 0.3) is 0 Å². The molecule has 4 rings (SSSR count). The molecule has 0 aromatic heterocycles. The first kappa shape index (κ1) is 16.9. The average Bonchev–Trinajstić information content (AvgIpc) is 2.85. The van der Waals surface area contributed by atoms with Crippen LogP contribution in [-0.4, -0.2) is 0 Å². The van der Waals surface area contributed by atoms with Gasteiger partial charge >= 0.3 is 0 Å². The highest BCUT2D eigenvalue weighted by molar-refractivity contribution is 5.19. The summed E-state index contributed by atoms with van der Waals surface area (Å²) in [6, 6.07) is 4.59. The van der Waals surface area contributed by atoms with Crippen LogP contribution in [0.3, 0.4) is 0 Å². The van der Waals surface area contributed by atoms with Crippen molar-refractivity contribution in [1.82, 2.24) is 0 Å². The van der Waals surface area contributed by atoms with Crippen molar-refractivity contribution in [3.63, 3.8) is 0 Å². The Kier molecular flexibility index (Phi) is 5.71. The van der Waals surface area contributed by atoms with Crippen LogP contribution in [0.2, 0.25) is 0 Å². The van der Waals surface area contributed by atoms with Gasteiger partial charge in [0.2, 0.25) is 0 Å². The summed E-state index contributed by atoms with van der Waals surface area (Å²) in [4.78, 5) is 0. The molecule has 0 amide bonds. The molecule has 1 aromatic carbocycles. The van der Waals surface area contributed by atoms with Crippen molar-refractivity contribution in [3.05, 3.63) is 35.4 Å². The number of rotatable bonds is 6. The molecule has 3 aliphatic carbocycles. The largest absolute Gasteiger partial charge is 0.204 e. The maximum Gasteiger partial charge on any atom is 0.162 e. The van der Waals surface area contributed by atoms with Gasteiger partial charge in [0, 0.05) is 0 Å². The van der Waals surface area contributed by atoms with E-state index in [4.69, 9.17) is 0 Å². The lowest BCUT2D eigenvalue weighted by Crippen LogP contribution is -2.22. The fraction of sp³-hybridized carbons (Fsp3) is 0.714. The molecular weight excluding hydrogens is 290 g/mol. The quantitative estimate of drug-likeness (QED) is 0.559. The van der Waals surface area contributed by atoms with Crippen LogP contribution in [0.25, 0.3) is 0 Å². The Bertz CT molecular complexity index is 511. The second-order valence-corrected chi connectivity index (χ2v) is 7.93. The molecule has 0 nitrogen and oxygen atoms in total. The Morgan fingerprint density at radius 2 is 1.91 bits per heavy atom. The lowest BCUT2D eigenvalue weighted by atomic mass is 9.73. The lowest BCUT2D eigenvalue weighted by molar-refractivity contribution is 0.190. The van der Waals surface area contributed by atoms with Crippen LogP contribution < -0.4 is 0 Å². The average molecular weight is 320 g/mol. The standard InChI is InChI=1S/C21H30F2/c1-2-3-5-15-12-16-8-9-18(13-15)19(14-16)11-10-17-6-4-7-20(22)21(17)23/h4,6-7,15-16,18-19H,2-3,5,8-14H2,1H3. The molecule has 0 aliphatic heterocycles. The van der Waals surface area contributed by atoms with Gasteiger partial charge in [-0.05, 0) is 73.8 Å². The third-order valence-electron chi connectivity index (χ3n) is 6.33. The molecule has 3 aliphatic rings. The minimum absolute atomic E-state index is 0.563. The predicted octanol–water partition coefficient (Wildman–Crippen LogP) is 6.53. The highest BCUT2D eigenvalue weighted by Crippen LogP contribution is 2.47. The zero-order valence-corrected chi connectivity index (χ0v) is 14.4. The lowest BCUT2D eigenvalue weighted by Gasteiger charge is -2.32. The number of halogens is 2. The Labute approximate surface area is 139 Å². The smallest absolute Gasteiger partial charge is 0.162 e. The van der Waals surface area contributed by atoms with Crippen molar-refractivity contribution >= 4 is 0 Å². The summed E-state index contributed by atoms with van der Waals surface area (Å²) < 4.78 is 27.2. The van der Waals surface area contributed by atoms with Crippen LogP contribution in [0, 0.1) is 35.3 Å². The fourth-order valence-electron chi connectivity index (χ4n) is 5.11. The third kappa shape index (κ3) is 4.14. The molecular formula is C21H30F2. The van der Waals surface area contributed by atoms with E-state index in [2.05, 4.69) is 6.92 Å². The topological polar surface area (TPSA) is 0 Å². The second-order valence-electron chi connectivity index (χ2n) is 7.93. The molecule has 3 fully saturated rings. The van der Waals surface area contributed by atoms with E-state index >= 15 is 0 Å². The van der Waals surface area contributed by atoms with Gasteiger partial charge in [0.1, 0.15) is 0 Å². The predicted molar refractivity (Wildman–Crippen MR) is 91.2 cm³/mol. The molecule has 0 heterocycles. The van der Waals surface area contributed by atoms with Crippen LogP contribution in [-0.2, 0) is 6.42 Å². The number of hydrogen-bond donors (Lipinski definition) is 0. The highest BCUT2D eigenvalue weighted by Gasteiger charge is 2.36. The Morgan fingerprint density at radius 3 is 2.74 bits per heavy atom. The van der Waals surface area contributed by atoms with Crippen LogP contribution in [0.15, 0.2) is 18.2 Å². The number of hydrogen-bond acceptors (Lipinski definition) is 0. The van der Waals surface area contributed by atoms with E-state index in [1.54, 1.807) is 12.1 Å². The van der Waals surface area contributed by atoms with E-state index in [0.29, 0.717) is 12.0 Å². The molecule has 4 atom stereocenters. The van der Waals surface area contributed by atoms with Crippen LogP contribution >= 0.6 is 0 Å². The second kappa shape index (κ2) is 7.77. The van der Waals surface area contributed by atoms with E-state index in [9.17, 15) is 8.78 Å². The van der Waals surface area contributed by atoms with E-state index in [-0.39, 0.29) is 0 Å². The van der Waals surface area contributed by atoms with Gasteiger partial charge in [0.05, 0.1) is 0 Å². The summed E-state index contributed by atoms with van der Waals surface area (Å²) >= 11 is 0. The van der Waals surface area contributed by atoms with Gasteiger partial charge in [-0.2, -0.15) is 0 Å².